The van der Waals surface area contributed by atoms with E-state index in [-0.39, 0.29) is 0 Å². The number of aromatic nitrogens is 2. The van der Waals surface area contributed by atoms with Crippen molar-refractivity contribution in [1.82, 2.24) is 9.13 Å². The second kappa shape index (κ2) is 11.4. The molecule has 2 heterocycles. The van der Waals surface area contributed by atoms with E-state index in [4.69, 9.17) is 0 Å². The van der Waals surface area contributed by atoms with Gasteiger partial charge in [-0.3, -0.25) is 0 Å². The molecule has 0 saturated carbocycles. The summed E-state index contributed by atoms with van der Waals surface area (Å²) in [5.74, 6) is 0. The van der Waals surface area contributed by atoms with Crippen molar-refractivity contribution in [3.05, 3.63) is 168 Å². The van der Waals surface area contributed by atoms with Crippen molar-refractivity contribution in [3.63, 3.8) is 0 Å². The Morgan fingerprint density at radius 3 is 1.48 bits per heavy atom. The highest BCUT2D eigenvalue weighted by Crippen LogP contribution is 2.42. The van der Waals surface area contributed by atoms with Crippen LogP contribution in [0.25, 0.3) is 77.2 Å². The average Bonchev–Trinajstić information content (AvgIpc) is 3.69. The van der Waals surface area contributed by atoms with Crippen molar-refractivity contribution in [2.75, 3.05) is 0 Å². The van der Waals surface area contributed by atoms with Gasteiger partial charge in [0.15, 0.2) is 0 Å². The second-order valence-electron chi connectivity index (χ2n) is 12.3. The van der Waals surface area contributed by atoms with Gasteiger partial charge in [0, 0.05) is 32.7 Å². The summed E-state index contributed by atoms with van der Waals surface area (Å²) in [4.78, 5) is 0. The molecule has 9 rings (SSSR count). The van der Waals surface area contributed by atoms with Crippen LogP contribution in [-0.4, -0.2) is 9.13 Å². The van der Waals surface area contributed by atoms with E-state index >= 15 is 0 Å². The molecule has 5 nitrogen and oxygen atoms in total. The van der Waals surface area contributed by atoms with Gasteiger partial charge in [0.05, 0.1) is 68.3 Å². The van der Waals surface area contributed by atoms with Crippen molar-refractivity contribution < 1.29 is 0 Å². The summed E-state index contributed by atoms with van der Waals surface area (Å²) < 4.78 is 4.57. The maximum Gasteiger partial charge on any atom is 0.0998 e. The van der Waals surface area contributed by atoms with Crippen molar-refractivity contribution in [2.24, 2.45) is 0 Å². The van der Waals surface area contributed by atoms with Crippen LogP contribution in [0.1, 0.15) is 16.7 Å². The van der Waals surface area contributed by atoms with E-state index in [2.05, 4.69) is 94.1 Å². The minimum absolute atomic E-state index is 0.605. The Morgan fingerprint density at radius 2 is 0.860 bits per heavy atom. The molecular weight excluding hydrogens is 611 g/mol. The van der Waals surface area contributed by atoms with Crippen LogP contribution in [0.2, 0.25) is 0 Å². The SMILES string of the molecule is N#Cc1ccc2c(c1)c1ccccc1n2-c1ccccc1-c1ccc(-c2ccccc2C#N)cc1-n1c2ccccc2c2cc(C#N)ccc21. The minimum atomic E-state index is 0.605. The van der Waals surface area contributed by atoms with Crippen LogP contribution in [0.15, 0.2) is 152 Å². The van der Waals surface area contributed by atoms with Gasteiger partial charge < -0.3 is 9.13 Å². The Kier molecular flexibility index (Phi) is 6.56. The third-order valence-corrected chi connectivity index (χ3v) is 9.64. The van der Waals surface area contributed by atoms with Gasteiger partial charge in [-0.2, -0.15) is 15.8 Å². The summed E-state index contributed by atoms with van der Waals surface area (Å²) in [5.41, 5.74) is 11.7. The number of hydrogen-bond donors (Lipinski definition) is 0. The Morgan fingerprint density at radius 1 is 0.360 bits per heavy atom. The summed E-state index contributed by atoms with van der Waals surface area (Å²) in [6.07, 6.45) is 0. The highest BCUT2D eigenvalue weighted by atomic mass is 15.0. The molecule has 0 saturated heterocycles. The molecule has 7 aromatic carbocycles. The number of nitrogens with zero attached hydrogens (tertiary/aromatic N) is 5. The van der Waals surface area contributed by atoms with Crippen molar-refractivity contribution in [3.8, 4) is 51.8 Å². The summed E-state index contributed by atoms with van der Waals surface area (Å²) in [6, 6.07) is 57.9. The van der Waals surface area contributed by atoms with E-state index in [1.165, 1.54) is 0 Å². The standard InChI is InChI=1S/C45H25N5/c46-26-29-17-21-43-38(23-29)35-12-4-7-15-41(35)49(43)40-14-6-3-11-34(40)37-20-19-31(33-10-2-1-9-32(33)28-48)25-45(37)50-42-16-8-5-13-36(42)39-24-30(27-47)18-22-44(39)50/h1-25H. The first-order valence-electron chi connectivity index (χ1n) is 16.3. The van der Waals surface area contributed by atoms with E-state index in [0.29, 0.717) is 16.7 Å². The zero-order valence-corrected chi connectivity index (χ0v) is 26.7. The molecular formula is C45H25N5. The highest BCUT2D eigenvalue weighted by molar-refractivity contribution is 6.12. The van der Waals surface area contributed by atoms with E-state index < -0.39 is 0 Å². The third kappa shape index (κ3) is 4.31. The molecule has 5 heteroatoms. The Bertz CT molecular complexity index is 2970. The number of para-hydroxylation sites is 3. The van der Waals surface area contributed by atoms with Gasteiger partial charge >= 0.3 is 0 Å². The lowest BCUT2D eigenvalue weighted by molar-refractivity contribution is 1.16. The number of nitriles is 3. The zero-order chi connectivity index (χ0) is 33.8. The smallest absolute Gasteiger partial charge is 0.0998 e. The lowest BCUT2D eigenvalue weighted by Crippen LogP contribution is -2.02. The molecule has 0 aliphatic heterocycles. The molecule has 0 radical (unpaired) electrons. The molecule has 0 N–H and O–H groups in total. The second-order valence-corrected chi connectivity index (χ2v) is 12.3. The molecule has 0 spiro atoms. The van der Waals surface area contributed by atoms with Crippen LogP contribution in [0.3, 0.4) is 0 Å². The van der Waals surface area contributed by atoms with Gasteiger partial charge in [-0.25, -0.2) is 0 Å². The maximum atomic E-state index is 10.0. The molecule has 0 bridgehead atoms. The van der Waals surface area contributed by atoms with Gasteiger partial charge in [0.1, 0.15) is 0 Å². The predicted molar refractivity (Wildman–Crippen MR) is 200 cm³/mol. The molecule has 0 fully saturated rings. The fourth-order valence-corrected chi connectivity index (χ4v) is 7.44. The summed E-state index contributed by atoms with van der Waals surface area (Å²) >= 11 is 0. The van der Waals surface area contributed by atoms with Crippen LogP contribution in [0.5, 0.6) is 0 Å². The first kappa shape index (κ1) is 28.8. The Balaban J connectivity index is 1.40. The molecule has 0 aliphatic rings. The first-order valence-corrected chi connectivity index (χ1v) is 16.3. The van der Waals surface area contributed by atoms with Crippen molar-refractivity contribution in [1.29, 1.82) is 15.8 Å². The number of hydrogen-bond acceptors (Lipinski definition) is 3. The van der Waals surface area contributed by atoms with Gasteiger partial charge in [-0.1, -0.05) is 84.9 Å². The zero-order valence-electron chi connectivity index (χ0n) is 26.7. The van der Waals surface area contributed by atoms with Crippen LogP contribution in [0.4, 0.5) is 0 Å². The molecule has 50 heavy (non-hydrogen) atoms. The van der Waals surface area contributed by atoms with E-state index in [9.17, 15) is 15.8 Å². The summed E-state index contributed by atoms with van der Waals surface area (Å²) in [7, 11) is 0. The van der Waals surface area contributed by atoms with Crippen LogP contribution < -0.4 is 0 Å². The Labute approximate surface area is 287 Å². The molecule has 0 amide bonds. The molecule has 0 atom stereocenters. The number of fused-ring (bicyclic) bond motifs is 6. The van der Waals surface area contributed by atoms with E-state index in [0.717, 1.165) is 77.2 Å². The summed E-state index contributed by atoms with van der Waals surface area (Å²) in [6.45, 7) is 0. The van der Waals surface area contributed by atoms with Crippen molar-refractivity contribution in [2.45, 2.75) is 0 Å². The number of benzene rings is 7. The molecule has 9 aromatic rings. The molecule has 0 aliphatic carbocycles. The first-order chi connectivity index (χ1) is 24.7. The normalized spacial score (nSPS) is 11.1. The quantitative estimate of drug-likeness (QED) is 0.193. The lowest BCUT2D eigenvalue weighted by Gasteiger charge is -2.20. The Hall–Kier alpha value is -7.39. The third-order valence-electron chi connectivity index (χ3n) is 9.64. The molecule has 230 valence electrons. The summed E-state index contributed by atoms with van der Waals surface area (Å²) in [5, 5.41) is 33.7. The predicted octanol–water partition coefficient (Wildman–Crippen LogP) is 10.8. The fraction of sp³-hybridized carbons (Fsp3) is 0. The van der Waals surface area contributed by atoms with Gasteiger partial charge in [-0.05, 0) is 77.9 Å². The maximum absolute atomic E-state index is 10.0. The lowest BCUT2D eigenvalue weighted by atomic mass is 9.94. The topological polar surface area (TPSA) is 81.2 Å². The van der Waals surface area contributed by atoms with Crippen molar-refractivity contribution >= 4 is 43.6 Å². The monoisotopic (exact) mass is 635 g/mol. The van der Waals surface area contributed by atoms with Crippen LogP contribution >= 0.6 is 0 Å². The minimum Gasteiger partial charge on any atom is -0.309 e. The van der Waals surface area contributed by atoms with Gasteiger partial charge in [0.2, 0.25) is 0 Å². The fourth-order valence-electron chi connectivity index (χ4n) is 7.44. The molecule has 0 unspecified atom stereocenters. The molecule has 2 aromatic heterocycles. The van der Waals surface area contributed by atoms with E-state index in [1.807, 2.05) is 84.9 Å². The van der Waals surface area contributed by atoms with Crippen LogP contribution in [-0.2, 0) is 0 Å². The van der Waals surface area contributed by atoms with Gasteiger partial charge in [-0.15, -0.1) is 0 Å². The number of rotatable bonds is 4. The van der Waals surface area contributed by atoms with Gasteiger partial charge in [0.25, 0.3) is 0 Å². The largest absolute Gasteiger partial charge is 0.309 e. The highest BCUT2D eigenvalue weighted by Gasteiger charge is 2.21. The average molecular weight is 636 g/mol. The van der Waals surface area contributed by atoms with Crippen LogP contribution in [0, 0.1) is 34.0 Å². The van der Waals surface area contributed by atoms with E-state index in [1.54, 1.807) is 0 Å².